The zero-order chi connectivity index (χ0) is 16.2. The van der Waals surface area contributed by atoms with E-state index in [1.807, 2.05) is 66.7 Å². The molecule has 0 aromatic heterocycles. The molecule has 0 heterocycles. The third-order valence-corrected chi connectivity index (χ3v) is 5.17. The van der Waals surface area contributed by atoms with E-state index in [9.17, 15) is 13.0 Å². The maximum atomic E-state index is 11.7. The smallest absolute Gasteiger partial charge is 0.336 e. The summed E-state index contributed by atoms with van der Waals surface area (Å²) in [6.45, 7) is 0. The Kier molecular flexibility index (Phi) is 4.62. The Morgan fingerprint density at radius 3 is 1.87 bits per heavy atom. The summed E-state index contributed by atoms with van der Waals surface area (Å²) in [7, 11) is 0. The van der Waals surface area contributed by atoms with Gasteiger partial charge in [0.1, 0.15) is 0 Å². The van der Waals surface area contributed by atoms with Crippen molar-refractivity contribution in [3.8, 4) is 22.3 Å². The molecule has 0 fully saturated rings. The van der Waals surface area contributed by atoms with Crippen molar-refractivity contribution in [3.05, 3.63) is 81.9 Å². The van der Waals surface area contributed by atoms with Gasteiger partial charge in [-0.15, -0.1) is 0 Å². The molecule has 0 atom stereocenters. The second kappa shape index (κ2) is 6.83. The van der Waals surface area contributed by atoms with Crippen molar-refractivity contribution in [2.45, 2.75) is 0 Å². The largest absolute Gasteiger partial charge is 0.478 e. The fourth-order valence-corrected chi connectivity index (χ4v) is 3.82. The van der Waals surface area contributed by atoms with Gasteiger partial charge in [-0.05, 0) is 34.4 Å². The topological polar surface area (TPSA) is 54.4 Å². The molecule has 0 saturated heterocycles. The van der Waals surface area contributed by atoms with Gasteiger partial charge in [-0.2, -0.15) is 0 Å². The van der Waals surface area contributed by atoms with Gasteiger partial charge in [-0.25, -0.2) is 4.79 Å². The van der Waals surface area contributed by atoms with Crippen molar-refractivity contribution < 1.29 is 13.0 Å². The van der Waals surface area contributed by atoms with Gasteiger partial charge in [0, 0.05) is 0 Å². The van der Waals surface area contributed by atoms with Gasteiger partial charge < -0.3 is 5.11 Å². The monoisotopic (exact) mass is 416 g/mol. The van der Waals surface area contributed by atoms with Crippen LogP contribution >= 0.6 is 21.2 Å². The molecule has 0 amide bonds. The summed E-state index contributed by atoms with van der Waals surface area (Å²) in [5, 5.41) is 9.52. The van der Waals surface area contributed by atoms with Gasteiger partial charge in [0.2, 0.25) is 0 Å². The lowest BCUT2D eigenvalue weighted by Crippen LogP contribution is -2.02. The predicted molar refractivity (Wildman–Crippen MR) is 97.7 cm³/mol. The van der Waals surface area contributed by atoms with Gasteiger partial charge in [0.15, 0.2) is 21.2 Å². The Morgan fingerprint density at radius 1 is 0.783 bits per heavy atom. The molecule has 3 aromatic rings. The van der Waals surface area contributed by atoms with Crippen LogP contribution in [-0.2, 0) is 3.07 Å². The minimum absolute atomic E-state index is 0.119. The van der Waals surface area contributed by atoms with Crippen molar-refractivity contribution in [2.24, 2.45) is 0 Å². The Hall–Kier alpha value is -2.34. The molecule has 4 heteroatoms. The molecule has 0 aliphatic heterocycles. The summed E-state index contributed by atoms with van der Waals surface area (Å²) in [4.78, 5) is 11.6. The number of carbonyl (C=O) groups is 1. The number of hydrogen-bond acceptors (Lipinski definition) is 2. The second-order valence-electron chi connectivity index (χ2n) is 5.00. The first-order valence-electron chi connectivity index (χ1n) is 7.00. The quantitative estimate of drug-likeness (QED) is 0.595. The van der Waals surface area contributed by atoms with E-state index < -0.39 is 27.2 Å². The lowest BCUT2D eigenvalue weighted by Gasteiger charge is -2.11. The van der Waals surface area contributed by atoms with E-state index in [2.05, 4.69) is 0 Å². The van der Waals surface area contributed by atoms with Gasteiger partial charge in [-0.3, -0.25) is 3.07 Å². The van der Waals surface area contributed by atoms with Crippen molar-refractivity contribution in [3.63, 3.8) is 0 Å². The van der Waals surface area contributed by atoms with Gasteiger partial charge >= 0.3 is 5.97 Å². The van der Waals surface area contributed by atoms with Crippen LogP contribution in [0.25, 0.3) is 22.3 Å². The van der Waals surface area contributed by atoms with Crippen molar-refractivity contribution in [1.82, 2.24) is 0 Å². The fourth-order valence-electron chi connectivity index (χ4n) is 2.49. The lowest BCUT2D eigenvalue weighted by molar-refractivity contribution is 0.0696. The molecule has 0 aliphatic carbocycles. The van der Waals surface area contributed by atoms with Crippen LogP contribution in [0.15, 0.2) is 72.8 Å². The third-order valence-electron chi connectivity index (χ3n) is 3.57. The molecule has 3 aromatic carbocycles. The highest BCUT2D eigenvalue weighted by molar-refractivity contribution is 14.1. The maximum Gasteiger partial charge on any atom is 0.336 e. The van der Waals surface area contributed by atoms with Crippen LogP contribution in [0, 0.1) is 3.57 Å². The minimum atomic E-state index is -1.61. The summed E-state index contributed by atoms with van der Waals surface area (Å²) in [5.41, 5.74) is 3.46. The number of halogens is 1. The van der Waals surface area contributed by atoms with E-state index in [0.717, 1.165) is 22.3 Å². The molecule has 114 valence electrons. The zero-order valence-electron chi connectivity index (χ0n) is 12.1. The highest BCUT2D eigenvalue weighted by Gasteiger charge is 2.18. The van der Waals surface area contributed by atoms with E-state index in [-0.39, 0.29) is 5.56 Å². The van der Waals surface area contributed by atoms with E-state index >= 15 is 0 Å². The van der Waals surface area contributed by atoms with E-state index in [0.29, 0.717) is 3.57 Å². The summed E-state index contributed by atoms with van der Waals surface area (Å²) in [6.07, 6.45) is 0. The Balaban J connectivity index is 2.31. The minimum Gasteiger partial charge on any atom is -0.478 e. The number of rotatable bonds is 4. The first kappa shape index (κ1) is 15.6. The van der Waals surface area contributed by atoms with Gasteiger partial charge in [0.25, 0.3) is 0 Å². The molecule has 0 bridgehead atoms. The number of carboxylic acid groups (broad SMARTS) is 1. The average molecular weight is 416 g/mol. The molecule has 0 radical (unpaired) electrons. The van der Waals surface area contributed by atoms with Crippen LogP contribution in [-0.4, -0.2) is 11.1 Å². The number of carboxylic acids is 1. The standard InChI is InChI=1S/C19H13IO3/c21-19(22)17-12-15(13-7-3-1-4-8-13)11-16(18(17)20-23)14-9-5-2-6-10-14/h1-12H,(H,21,22). The van der Waals surface area contributed by atoms with Gasteiger partial charge in [0.05, 0.1) is 9.13 Å². The molecule has 1 N–H and O–H groups in total. The molecule has 3 nitrogen and oxygen atoms in total. The Bertz CT molecular complexity index is 859. The Morgan fingerprint density at radius 2 is 1.35 bits per heavy atom. The van der Waals surface area contributed by atoms with E-state index in [1.165, 1.54) is 0 Å². The summed E-state index contributed by atoms with van der Waals surface area (Å²) in [6, 6.07) is 22.6. The number of hydrogen-bond donors (Lipinski definition) is 1. The van der Waals surface area contributed by atoms with Gasteiger partial charge in [-0.1, -0.05) is 60.7 Å². The second-order valence-corrected chi connectivity index (χ2v) is 6.52. The first-order valence-corrected chi connectivity index (χ1v) is 8.96. The molecular formula is C19H13IO3. The van der Waals surface area contributed by atoms with Crippen molar-refractivity contribution in [2.75, 3.05) is 0 Å². The first-order chi connectivity index (χ1) is 11.2. The summed E-state index contributed by atoms with van der Waals surface area (Å²) >= 11 is -1.61. The summed E-state index contributed by atoms with van der Waals surface area (Å²) < 4.78 is 12.2. The maximum absolute atomic E-state index is 11.7. The van der Waals surface area contributed by atoms with Crippen molar-refractivity contribution >= 4 is 27.2 Å². The van der Waals surface area contributed by atoms with Crippen molar-refractivity contribution in [1.29, 1.82) is 0 Å². The molecule has 0 saturated carbocycles. The molecule has 3 rings (SSSR count). The van der Waals surface area contributed by atoms with Crippen LogP contribution in [0.4, 0.5) is 0 Å². The van der Waals surface area contributed by atoms with Crippen LogP contribution < -0.4 is 0 Å². The molecule has 0 aliphatic rings. The Labute approximate surface area is 144 Å². The molecule has 0 unspecified atom stereocenters. The van der Waals surface area contributed by atoms with E-state index in [1.54, 1.807) is 6.07 Å². The average Bonchev–Trinajstić information content (AvgIpc) is 2.62. The molecular weight excluding hydrogens is 403 g/mol. The zero-order valence-corrected chi connectivity index (χ0v) is 14.2. The number of aromatic carboxylic acids is 1. The predicted octanol–water partition coefficient (Wildman–Crippen LogP) is 5.20. The molecule has 0 spiro atoms. The third kappa shape index (κ3) is 3.22. The van der Waals surface area contributed by atoms with Crippen LogP contribution in [0.2, 0.25) is 0 Å². The highest BCUT2D eigenvalue weighted by Crippen LogP contribution is 2.34. The van der Waals surface area contributed by atoms with Crippen LogP contribution in [0.1, 0.15) is 10.4 Å². The van der Waals surface area contributed by atoms with Crippen LogP contribution in [0.3, 0.4) is 0 Å². The lowest BCUT2D eigenvalue weighted by atomic mass is 9.96. The molecule has 23 heavy (non-hydrogen) atoms. The normalized spacial score (nSPS) is 10.4. The number of benzene rings is 3. The summed E-state index contributed by atoms with van der Waals surface area (Å²) in [5.74, 6) is -1.05. The fraction of sp³-hybridized carbons (Fsp3) is 0. The SMILES string of the molecule is O=Ic1c(C(=O)O)cc(-c2ccccc2)cc1-c1ccccc1. The van der Waals surface area contributed by atoms with E-state index in [4.69, 9.17) is 0 Å². The van der Waals surface area contributed by atoms with Crippen LogP contribution in [0.5, 0.6) is 0 Å². The highest BCUT2D eigenvalue weighted by atomic mass is 127.